The highest BCUT2D eigenvalue weighted by Crippen LogP contribution is 2.12. The number of hydrogen-bond acceptors (Lipinski definition) is 3. The quantitative estimate of drug-likeness (QED) is 0.672. The second-order valence-corrected chi connectivity index (χ2v) is 4.70. The molecule has 1 atom stereocenters. The zero-order valence-electron chi connectivity index (χ0n) is 10.1. The van der Waals surface area contributed by atoms with Crippen LogP contribution in [0.4, 0.5) is 13.2 Å². The molecule has 0 aromatic rings. The number of rotatable bonds is 8. The zero-order valence-corrected chi connectivity index (χ0v) is 10.9. The Morgan fingerprint density at radius 2 is 2.00 bits per heavy atom. The lowest BCUT2D eigenvalue weighted by Crippen LogP contribution is -2.40. The fraction of sp³-hybridized carbons (Fsp3) is 1.00. The monoisotopic (exact) mass is 258 g/mol. The van der Waals surface area contributed by atoms with Gasteiger partial charge in [-0.1, -0.05) is 6.92 Å². The van der Waals surface area contributed by atoms with Gasteiger partial charge in [0.2, 0.25) is 0 Å². The topological polar surface area (TPSA) is 15.3 Å². The molecule has 0 bridgehead atoms. The highest BCUT2D eigenvalue weighted by atomic mass is 32.2. The average molecular weight is 258 g/mol. The van der Waals surface area contributed by atoms with Gasteiger partial charge in [-0.05, 0) is 19.7 Å². The van der Waals surface area contributed by atoms with Crippen LogP contribution in [0, 0.1) is 0 Å². The van der Waals surface area contributed by atoms with Gasteiger partial charge in [-0.15, -0.1) is 0 Å². The van der Waals surface area contributed by atoms with Gasteiger partial charge in [0.1, 0.15) is 0 Å². The molecule has 0 saturated heterocycles. The Labute approximate surface area is 100.0 Å². The van der Waals surface area contributed by atoms with Crippen molar-refractivity contribution in [1.82, 2.24) is 10.2 Å². The fourth-order valence-electron chi connectivity index (χ4n) is 1.42. The molecule has 0 fully saturated rings. The van der Waals surface area contributed by atoms with Crippen molar-refractivity contribution in [3.8, 4) is 0 Å². The van der Waals surface area contributed by atoms with Gasteiger partial charge in [0, 0.05) is 24.9 Å². The summed E-state index contributed by atoms with van der Waals surface area (Å²) in [5.41, 5.74) is 0. The van der Waals surface area contributed by atoms with E-state index >= 15 is 0 Å². The normalized spacial score (nSPS) is 14.4. The number of hydrogen-bond donors (Lipinski definition) is 1. The van der Waals surface area contributed by atoms with Crippen LogP contribution in [0.2, 0.25) is 0 Å². The second kappa shape index (κ2) is 8.20. The summed E-state index contributed by atoms with van der Waals surface area (Å²) in [5.74, 6) is 1.02. The Morgan fingerprint density at radius 3 is 2.44 bits per heavy atom. The number of nitrogens with zero attached hydrogens (tertiary/aromatic N) is 1. The Balaban J connectivity index is 3.66. The third-order valence-corrected chi connectivity index (χ3v) is 3.14. The molecule has 1 N–H and O–H groups in total. The van der Waals surface area contributed by atoms with Crippen LogP contribution in [-0.4, -0.2) is 55.8 Å². The van der Waals surface area contributed by atoms with Crippen molar-refractivity contribution >= 4 is 11.8 Å². The van der Waals surface area contributed by atoms with Crippen molar-refractivity contribution in [2.75, 3.05) is 38.7 Å². The van der Waals surface area contributed by atoms with Crippen LogP contribution in [0.25, 0.3) is 0 Å². The summed E-state index contributed by atoms with van der Waals surface area (Å²) in [4.78, 5) is 2.11. The molecule has 0 spiro atoms. The Morgan fingerprint density at radius 1 is 1.38 bits per heavy atom. The Bertz CT molecular complexity index is 176. The minimum Gasteiger partial charge on any atom is -0.307 e. The second-order valence-electron chi connectivity index (χ2n) is 3.79. The average Bonchev–Trinajstić information content (AvgIpc) is 2.19. The maximum atomic E-state index is 11.8. The number of halogens is 3. The first-order valence-corrected chi connectivity index (χ1v) is 6.76. The Hall–Kier alpha value is 0.0600. The first-order chi connectivity index (χ1) is 7.40. The molecule has 0 rings (SSSR count). The molecule has 0 aromatic carbocycles. The van der Waals surface area contributed by atoms with Gasteiger partial charge in [-0.2, -0.15) is 24.9 Å². The molecule has 2 nitrogen and oxygen atoms in total. The molecule has 0 aliphatic carbocycles. The van der Waals surface area contributed by atoms with Crippen LogP contribution >= 0.6 is 11.8 Å². The van der Waals surface area contributed by atoms with Crippen LogP contribution in [-0.2, 0) is 0 Å². The van der Waals surface area contributed by atoms with Gasteiger partial charge in [0.25, 0.3) is 0 Å². The molecule has 0 amide bonds. The number of thioether (sulfide) groups is 1. The summed E-state index contributed by atoms with van der Waals surface area (Å²) >= 11 is 1.76. The van der Waals surface area contributed by atoms with Crippen molar-refractivity contribution in [3.63, 3.8) is 0 Å². The van der Waals surface area contributed by atoms with Crippen LogP contribution in [0.3, 0.4) is 0 Å². The van der Waals surface area contributed by atoms with E-state index in [1.165, 1.54) is 0 Å². The smallest absolute Gasteiger partial charge is 0.307 e. The van der Waals surface area contributed by atoms with Gasteiger partial charge in [-0.3, -0.25) is 0 Å². The van der Waals surface area contributed by atoms with E-state index < -0.39 is 12.7 Å². The summed E-state index contributed by atoms with van der Waals surface area (Å²) in [6.45, 7) is 2.22. The number of likely N-dealkylation sites (N-methyl/N-ethyl adjacent to an activating group) is 1. The van der Waals surface area contributed by atoms with E-state index in [1.807, 2.05) is 13.3 Å². The molecule has 98 valence electrons. The van der Waals surface area contributed by atoms with Gasteiger partial charge in [-0.25, -0.2) is 0 Å². The van der Waals surface area contributed by atoms with Gasteiger partial charge >= 0.3 is 6.18 Å². The molecule has 6 heteroatoms. The van der Waals surface area contributed by atoms with E-state index in [1.54, 1.807) is 11.8 Å². The van der Waals surface area contributed by atoms with Crippen molar-refractivity contribution in [2.45, 2.75) is 25.6 Å². The molecule has 0 aromatic heterocycles. The summed E-state index contributed by atoms with van der Waals surface area (Å²) < 4.78 is 35.5. The predicted octanol–water partition coefficient (Wildman–Crippen LogP) is 2.21. The molecule has 0 saturated carbocycles. The molecule has 0 aliphatic rings. The summed E-state index contributed by atoms with van der Waals surface area (Å²) in [7, 11) is 1.96. The first-order valence-electron chi connectivity index (χ1n) is 5.37. The third-order valence-electron chi connectivity index (χ3n) is 2.42. The minimum atomic E-state index is -4.11. The fourth-order valence-corrected chi connectivity index (χ4v) is 2.29. The predicted molar refractivity (Wildman–Crippen MR) is 64.0 cm³/mol. The van der Waals surface area contributed by atoms with Gasteiger partial charge in [0.05, 0.1) is 6.54 Å². The maximum Gasteiger partial charge on any atom is 0.401 e. The SMILES string of the molecule is CCC(CSC)N(C)CCNCC(F)(F)F. The van der Waals surface area contributed by atoms with Crippen molar-refractivity contribution in [3.05, 3.63) is 0 Å². The molecule has 0 aliphatic heterocycles. The largest absolute Gasteiger partial charge is 0.401 e. The number of alkyl halides is 3. The molecular weight excluding hydrogens is 237 g/mol. The van der Waals surface area contributed by atoms with E-state index in [0.29, 0.717) is 19.1 Å². The molecular formula is C10H21F3N2S. The molecule has 1 unspecified atom stereocenters. The van der Waals surface area contributed by atoms with E-state index in [0.717, 1.165) is 12.2 Å². The van der Waals surface area contributed by atoms with E-state index in [4.69, 9.17) is 0 Å². The lowest BCUT2D eigenvalue weighted by molar-refractivity contribution is -0.124. The van der Waals surface area contributed by atoms with Crippen molar-refractivity contribution in [2.24, 2.45) is 0 Å². The van der Waals surface area contributed by atoms with Crippen LogP contribution in [0.15, 0.2) is 0 Å². The molecule has 16 heavy (non-hydrogen) atoms. The maximum absolute atomic E-state index is 11.8. The summed E-state index contributed by atoms with van der Waals surface area (Å²) in [6, 6.07) is 0.447. The summed E-state index contributed by atoms with van der Waals surface area (Å²) in [6.07, 6.45) is -1.04. The van der Waals surface area contributed by atoms with Crippen molar-refractivity contribution < 1.29 is 13.2 Å². The minimum absolute atomic E-state index is 0.376. The van der Waals surface area contributed by atoms with Crippen LogP contribution in [0.1, 0.15) is 13.3 Å². The lowest BCUT2D eigenvalue weighted by atomic mass is 10.2. The lowest BCUT2D eigenvalue weighted by Gasteiger charge is -2.26. The molecule has 0 radical (unpaired) electrons. The van der Waals surface area contributed by atoms with Crippen LogP contribution < -0.4 is 5.32 Å². The van der Waals surface area contributed by atoms with E-state index in [9.17, 15) is 13.2 Å². The molecule has 0 heterocycles. The van der Waals surface area contributed by atoms with E-state index in [2.05, 4.69) is 17.1 Å². The standard InChI is InChI=1S/C10H21F3N2S/c1-4-9(7-16-3)15(2)6-5-14-8-10(11,12)13/h9,14H,4-8H2,1-3H3. The van der Waals surface area contributed by atoms with Gasteiger partial charge in [0.15, 0.2) is 0 Å². The van der Waals surface area contributed by atoms with Gasteiger partial charge < -0.3 is 10.2 Å². The van der Waals surface area contributed by atoms with E-state index in [-0.39, 0.29) is 0 Å². The first kappa shape index (κ1) is 16.1. The highest BCUT2D eigenvalue weighted by molar-refractivity contribution is 7.98. The summed E-state index contributed by atoms with van der Waals surface area (Å²) in [5, 5.41) is 2.40. The van der Waals surface area contributed by atoms with Crippen LogP contribution in [0.5, 0.6) is 0 Å². The third kappa shape index (κ3) is 8.24. The van der Waals surface area contributed by atoms with Crippen molar-refractivity contribution in [1.29, 1.82) is 0 Å². The zero-order chi connectivity index (χ0) is 12.6. The highest BCUT2D eigenvalue weighted by Gasteiger charge is 2.26. The Kier molecular flexibility index (Phi) is 8.23. The number of nitrogens with one attached hydrogen (secondary N) is 1.